The third kappa shape index (κ3) is 6.19. The van der Waals surface area contributed by atoms with Gasteiger partial charge in [-0.2, -0.15) is 0 Å². The molecular weight excluding hydrogens is 259 g/mol. The van der Waals surface area contributed by atoms with E-state index in [0.29, 0.717) is 5.92 Å². The molecule has 0 fully saturated rings. The zero-order valence-corrected chi connectivity index (χ0v) is 15.5. The molecule has 0 saturated carbocycles. The Balaban J connectivity index is 0.00000162. The fraction of sp³-hybridized carbons (Fsp3) is 0.250. The number of rotatable bonds is 4. The number of nitrogens with zero attached hydrogens (tertiary/aromatic N) is 1. The monoisotopic (exact) mass is 280 g/mol. The van der Waals surface area contributed by atoms with Crippen LogP contribution in [0.25, 0.3) is 0 Å². The number of hydrogen-bond acceptors (Lipinski definition) is 2. The van der Waals surface area contributed by atoms with E-state index >= 15 is 0 Å². The van der Waals surface area contributed by atoms with E-state index in [9.17, 15) is 0 Å². The maximum Gasteiger partial charge on any atom is 1.00 e. The molecule has 0 aliphatic carbocycles. The third-order valence-corrected chi connectivity index (χ3v) is 2.77. The van der Waals surface area contributed by atoms with Gasteiger partial charge in [0.05, 0.1) is 0 Å². The first-order chi connectivity index (χ1) is 8.25. The van der Waals surface area contributed by atoms with Crippen molar-refractivity contribution in [3.05, 3.63) is 67.2 Å². The van der Waals surface area contributed by atoms with Crippen LogP contribution in [-0.4, -0.2) is 4.98 Å². The average molecular weight is 280 g/mol. The van der Waals surface area contributed by atoms with Crippen LogP contribution in [-0.2, 0) is 6.54 Å². The van der Waals surface area contributed by atoms with Crippen molar-refractivity contribution in [2.24, 2.45) is 0 Å². The number of nitrogens with one attached hydrogen (secondary N) is 1. The number of anilines is 1. The van der Waals surface area contributed by atoms with Crippen molar-refractivity contribution in [1.82, 2.24) is 4.98 Å². The SMILES string of the molecule is CC(C)c1ccc(NCc2ccccc2)nc1.[CH3-].[K+]. The molecule has 1 heterocycles. The van der Waals surface area contributed by atoms with E-state index in [1.165, 1.54) is 11.1 Å². The van der Waals surface area contributed by atoms with Crippen LogP contribution in [0.1, 0.15) is 30.9 Å². The fourth-order valence-electron chi connectivity index (χ4n) is 1.64. The molecule has 0 aliphatic rings. The number of pyridine rings is 1. The minimum absolute atomic E-state index is 0. The van der Waals surface area contributed by atoms with Crippen LogP contribution in [0, 0.1) is 7.43 Å². The average Bonchev–Trinajstić information content (AvgIpc) is 2.38. The molecule has 0 saturated heterocycles. The maximum atomic E-state index is 4.40. The molecule has 0 aliphatic heterocycles. The van der Waals surface area contributed by atoms with E-state index in [4.69, 9.17) is 0 Å². The van der Waals surface area contributed by atoms with Crippen molar-refractivity contribution in [2.75, 3.05) is 5.32 Å². The van der Waals surface area contributed by atoms with E-state index in [1.54, 1.807) is 0 Å². The van der Waals surface area contributed by atoms with E-state index in [1.807, 2.05) is 30.5 Å². The van der Waals surface area contributed by atoms with Crippen LogP contribution in [0.15, 0.2) is 48.7 Å². The standard InChI is InChI=1S/C15H18N2.CH3.K/c1-12(2)14-8-9-15(17-11-14)16-10-13-6-4-3-5-7-13;;/h3-9,11-12H,10H2,1-2H3,(H,16,17);1H3;/q;-1;+1. The summed E-state index contributed by atoms with van der Waals surface area (Å²) in [6, 6.07) is 14.5. The molecule has 0 amide bonds. The molecule has 0 atom stereocenters. The van der Waals surface area contributed by atoms with Gasteiger partial charge in [-0.1, -0.05) is 50.2 Å². The summed E-state index contributed by atoms with van der Waals surface area (Å²) in [6.45, 7) is 5.16. The predicted octanol–water partition coefficient (Wildman–Crippen LogP) is 1.27. The first-order valence-electron chi connectivity index (χ1n) is 5.99. The summed E-state index contributed by atoms with van der Waals surface area (Å²) in [6.07, 6.45) is 1.94. The Kier molecular flexibility index (Phi) is 9.57. The second kappa shape index (κ2) is 9.67. The summed E-state index contributed by atoms with van der Waals surface area (Å²) in [5, 5.41) is 3.32. The van der Waals surface area contributed by atoms with Gasteiger partial charge in [0.15, 0.2) is 0 Å². The van der Waals surface area contributed by atoms with Crippen LogP contribution in [0.5, 0.6) is 0 Å². The molecule has 0 radical (unpaired) electrons. The summed E-state index contributed by atoms with van der Waals surface area (Å²) in [7, 11) is 0. The molecule has 2 nitrogen and oxygen atoms in total. The molecule has 1 N–H and O–H groups in total. The molecule has 3 heteroatoms. The Morgan fingerprint density at radius 1 is 1.05 bits per heavy atom. The Morgan fingerprint density at radius 3 is 2.26 bits per heavy atom. The van der Waals surface area contributed by atoms with Gasteiger partial charge in [0.1, 0.15) is 5.82 Å². The molecule has 0 unspecified atom stereocenters. The largest absolute Gasteiger partial charge is 1.00 e. The van der Waals surface area contributed by atoms with Gasteiger partial charge >= 0.3 is 51.4 Å². The van der Waals surface area contributed by atoms with Crippen LogP contribution in [0.3, 0.4) is 0 Å². The summed E-state index contributed by atoms with van der Waals surface area (Å²) < 4.78 is 0. The second-order valence-corrected chi connectivity index (χ2v) is 4.47. The van der Waals surface area contributed by atoms with Crippen molar-refractivity contribution in [3.63, 3.8) is 0 Å². The number of benzene rings is 1. The molecule has 2 aromatic rings. The predicted molar refractivity (Wildman–Crippen MR) is 78.5 cm³/mol. The molecule has 1 aromatic carbocycles. The molecule has 0 spiro atoms. The van der Waals surface area contributed by atoms with Crippen molar-refractivity contribution in [3.8, 4) is 0 Å². The first-order valence-corrected chi connectivity index (χ1v) is 5.99. The second-order valence-electron chi connectivity index (χ2n) is 4.47. The van der Waals surface area contributed by atoms with E-state index in [0.717, 1.165) is 12.4 Å². The first kappa shape index (κ1) is 18.8. The zero-order chi connectivity index (χ0) is 12.1. The van der Waals surface area contributed by atoms with Crippen LogP contribution >= 0.6 is 0 Å². The summed E-state index contributed by atoms with van der Waals surface area (Å²) >= 11 is 0. The Bertz CT molecular complexity index is 452. The topological polar surface area (TPSA) is 24.9 Å². The summed E-state index contributed by atoms with van der Waals surface area (Å²) in [5.41, 5.74) is 2.54. The Hall–Kier alpha value is -0.194. The van der Waals surface area contributed by atoms with Crippen molar-refractivity contribution in [2.45, 2.75) is 26.3 Å². The fourth-order valence-corrected chi connectivity index (χ4v) is 1.64. The van der Waals surface area contributed by atoms with Crippen LogP contribution < -0.4 is 56.7 Å². The Labute approximate surface area is 159 Å². The van der Waals surface area contributed by atoms with Gasteiger partial charge < -0.3 is 12.7 Å². The molecular formula is C16H21KN2. The van der Waals surface area contributed by atoms with Crippen LogP contribution in [0.2, 0.25) is 0 Å². The molecule has 2 rings (SSSR count). The van der Waals surface area contributed by atoms with E-state index in [2.05, 4.69) is 42.3 Å². The molecule has 96 valence electrons. The third-order valence-electron chi connectivity index (χ3n) is 2.77. The smallest absolute Gasteiger partial charge is 0.366 e. The number of hydrogen-bond donors (Lipinski definition) is 1. The quantitative estimate of drug-likeness (QED) is 0.674. The normalized spacial score (nSPS) is 9.42. The Morgan fingerprint density at radius 2 is 1.74 bits per heavy atom. The summed E-state index contributed by atoms with van der Waals surface area (Å²) in [5.74, 6) is 1.46. The molecule has 19 heavy (non-hydrogen) atoms. The van der Waals surface area contributed by atoms with Crippen molar-refractivity contribution in [1.29, 1.82) is 0 Å². The van der Waals surface area contributed by atoms with E-state index in [-0.39, 0.29) is 58.8 Å². The minimum Gasteiger partial charge on any atom is -0.366 e. The number of aromatic nitrogens is 1. The van der Waals surface area contributed by atoms with Gasteiger partial charge in [0.25, 0.3) is 0 Å². The minimum atomic E-state index is 0. The van der Waals surface area contributed by atoms with Gasteiger partial charge in [0, 0.05) is 12.7 Å². The van der Waals surface area contributed by atoms with Gasteiger partial charge in [-0.05, 0) is 23.1 Å². The maximum absolute atomic E-state index is 4.40. The summed E-state index contributed by atoms with van der Waals surface area (Å²) in [4.78, 5) is 4.40. The molecule has 0 bridgehead atoms. The van der Waals surface area contributed by atoms with E-state index < -0.39 is 0 Å². The zero-order valence-electron chi connectivity index (χ0n) is 12.4. The van der Waals surface area contributed by atoms with Gasteiger partial charge in [-0.25, -0.2) is 4.98 Å². The van der Waals surface area contributed by atoms with Crippen molar-refractivity contribution >= 4 is 5.82 Å². The van der Waals surface area contributed by atoms with Gasteiger partial charge in [-0.3, -0.25) is 0 Å². The van der Waals surface area contributed by atoms with Gasteiger partial charge in [-0.15, -0.1) is 0 Å². The molecule has 1 aromatic heterocycles. The van der Waals surface area contributed by atoms with Gasteiger partial charge in [0.2, 0.25) is 0 Å². The van der Waals surface area contributed by atoms with Crippen molar-refractivity contribution < 1.29 is 51.4 Å². The van der Waals surface area contributed by atoms with Crippen LogP contribution in [0.4, 0.5) is 5.82 Å².